The van der Waals surface area contributed by atoms with Crippen molar-refractivity contribution in [2.45, 2.75) is 19.4 Å². The fourth-order valence-corrected chi connectivity index (χ4v) is 0.539. The molecule has 0 fully saturated rings. The lowest BCUT2D eigenvalue weighted by molar-refractivity contribution is 0.181. The molecule has 1 unspecified atom stereocenters. The molecule has 4 nitrogen and oxygen atoms in total. The van der Waals surface area contributed by atoms with Gasteiger partial charge >= 0.3 is 0 Å². The maximum atomic E-state index is 8.80. The summed E-state index contributed by atoms with van der Waals surface area (Å²) in [6.07, 6.45) is 1.34. The van der Waals surface area contributed by atoms with Gasteiger partial charge in [-0.2, -0.15) is 4.98 Å². The first-order chi connectivity index (χ1) is 4.29. The molecule has 0 radical (unpaired) electrons. The Morgan fingerprint density at radius 2 is 2.50 bits per heavy atom. The second-order valence-electron chi connectivity index (χ2n) is 1.89. The van der Waals surface area contributed by atoms with Crippen molar-refractivity contribution in [3.8, 4) is 0 Å². The fraction of sp³-hybridized carbons (Fsp3) is 0.600. The van der Waals surface area contributed by atoms with Gasteiger partial charge in [0.25, 0.3) is 0 Å². The number of hydrogen-bond acceptors (Lipinski definition) is 4. The summed E-state index contributed by atoms with van der Waals surface area (Å²) in [5.41, 5.74) is 0. The van der Waals surface area contributed by atoms with Crippen molar-refractivity contribution in [3.05, 3.63) is 12.2 Å². The lowest BCUT2D eigenvalue weighted by Crippen LogP contribution is -2.03. The van der Waals surface area contributed by atoms with Crippen LogP contribution >= 0.6 is 12.4 Å². The van der Waals surface area contributed by atoms with Gasteiger partial charge in [0, 0.05) is 0 Å². The van der Waals surface area contributed by atoms with E-state index >= 15 is 0 Å². The Balaban J connectivity index is 0.000000810. The van der Waals surface area contributed by atoms with E-state index in [0.717, 1.165) is 0 Å². The van der Waals surface area contributed by atoms with E-state index in [2.05, 4.69) is 14.7 Å². The maximum absolute atomic E-state index is 8.80. The quantitative estimate of drug-likeness (QED) is 0.688. The minimum Gasteiger partial charge on any atom is -0.393 e. The second-order valence-corrected chi connectivity index (χ2v) is 1.89. The van der Waals surface area contributed by atoms with Gasteiger partial charge in [-0.1, -0.05) is 5.16 Å². The highest BCUT2D eigenvalue weighted by atomic mass is 35.5. The Kier molecular flexibility index (Phi) is 3.99. The van der Waals surface area contributed by atoms with Gasteiger partial charge in [-0.25, -0.2) is 0 Å². The summed E-state index contributed by atoms with van der Waals surface area (Å²) in [6, 6.07) is 0. The lowest BCUT2D eigenvalue weighted by atomic mass is 10.3. The third-order valence-electron chi connectivity index (χ3n) is 0.877. The summed E-state index contributed by atoms with van der Waals surface area (Å²) in [7, 11) is 0. The van der Waals surface area contributed by atoms with Gasteiger partial charge in [0.05, 0.1) is 12.5 Å². The van der Waals surface area contributed by atoms with Crippen LogP contribution < -0.4 is 0 Å². The predicted molar refractivity (Wildman–Crippen MR) is 36.9 cm³/mol. The molecular weight excluding hydrogens is 156 g/mol. The van der Waals surface area contributed by atoms with E-state index in [-0.39, 0.29) is 12.4 Å². The monoisotopic (exact) mass is 164 g/mol. The molecule has 5 heteroatoms. The van der Waals surface area contributed by atoms with Crippen LogP contribution in [-0.2, 0) is 6.42 Å². The number of aliphatic hydroxyl groups excluding tert-OH is 1. The molecule has 0 amide bonds. The van der Waals surface area contributed by atoms with Gasteiger partial charge in [0.15, 0.2) is 6.33 Å². The summed E-state index contributed by atoms with van der Waals surface area (Å²) < 4.78 is 4.62. The van der Waals surface area contributed by atoms with Gasteiger partial charge in [-0.3, -0.25) is 0 Å². The minimum atomic E-state index is -0.412. The number of hydrogen-bond donors (Lipinski definition) is 1. The molecule has 0 saturated carbocycles. The first-order valence-corrected chi connectivity index (χ1v) is 2.72. The minimum absolute atomic E-state index is 0. The molecule has 1 aromatic heterocycles. The third-order valence-corrected chi connectivity index (χ3v) is 0.877. The Hall–Kier alpha value is -0.610. The van der Waals surface area contributed by atoms with Crippen molar-refractivity contribution in [2.75, 3.05) is 0 Å². The van der Waals surface area contributed by atoms with E-state index in [1.807, 2.05) is 0 Å². The molecule has 0 aromatic carbocycles. The molecule has 1 N–H and O–H groups in total. The van der Waals surface area contributed by atoms with Crippen LogP contribution in [-0.4, -0.2) is 21.4 Å². The average Bonchev–Trinajstić information content (AvgIpc) is 2.15. The van der Waals surface area contributed by atoms with Crippen LogP contribution in [0.3, 0.4) is 0 Å². The standard InChI is InChI=1S/C5H8N2O2.ClH/c1-4(8)2-5-6-3-7-9-5;/h3-4,8H,2H2,1H3;1H. The molecule has 0 bridgehead atoms. The van der Waals surface area contributed by atoms with Crippen molar-refractivity contribution in [1.82, 2.24) is 10.1 Å². The van der Waals surface area contributed by atoms with Crippen LogP contribution in [0, 0.1) is 0 Å². The van der Waals surface area contributed by atoms with Gasteiger partial charge < -0.3 is 9.63 Å². The van der Waals surface area contributed by atoms with Crippen molar-refractivity contribution < 1.29 is 9.63 Å². The highest BCUT2D eigenvalue weighted by Gasteiger charge is 2.02. The van der Waals surface area contributed by atoms with Crippen LogP contribution in [0.2, 0.25) is 0 Å². The fourth-order valence-electron chi connectivity index (χ4n) is 0.539. The van der Waals surface area contributed by atoms with E-state index in [4.69, 9.17) is 5.11 Å². The van der Waals surface area contributed by atoms with Crippen LogP contribution in [0.4, 0.5) is 0 Å². The first-order valence-electron chi connectivity index (χ1n) is 2.72. The summed E-state index contributed by atoms with van der Waals surface area (Å²) in [5.74, 6) is 0.477. The van der Waals surface area contributed by atoms with Crippen LogP contribution in [0.1, 0.15) is 12.8 Å². The highest BCUT2D eigenvalue weighted by molar-refractivity contribution is 5.85. The smallest absolute Gasteiger partial charge is 0.228 e. The predicted octanol–water partition coefficient (Wildman–Crippen LogP) is 0.415. The molecule has 0 aliphatic rings. The third kappa shape index (κ3) is 2.80. The first kappa shape index (κ1) is 9.39. The number of aromatic nitrogens is 2. The Labute approximate surface area is 64.7 Å². The molecule has 0 aliphatic heterocycles. The zero-order valence-electron chi connectivity index (χ0n) is 5.52. The number of aliphatic hydroxyl groups is 1. The average molecular weight is 165 g/mol. The Bertz CT molecular complexity index is 164. The van der Waals surface area contributed by atoms with E-state index in [1.54, 1.807) is 6.92 Å². The molecule has 1 heterocycles. The lowest BCUT2D eigenvalue weighted by Gasteiger charge is -1.94. The Morgan fingerprint density at radius 3 is 2.90 bits per heavy atom. The van der Waals surface area contributed by atoms with Crippen molar-refractivity contribution in [3.63, 3.8) is 0 Å². The van der Waals surface area contributed by atoms with Crippen molar-refractivity contribution >= 4 is 12.4 Å². The second kappa shape index (κ2) is 4.24. The molecule has 58 valence electrons. The summed E-state index contributed by atoms with van der Waals surface area (Å²) >= 11 is 0. The molecule has 10 heavy (non-hydrogen) atoms. The van der Waals surface area contributed by atoms with Crippen LogP contribution in [0.5, 0.6) is 0 Å². The normalized spacial score (nSPS) is 12.2. The summed E-state index contributed by atoms with van der Waals surface area (Å²) in [6.45, 7) is 1.67. The molecule has 0 saturated heterocycles. The SMILES string of the molecule is CC(O)Cc1ncno1.Cl. The molecular formula is C5H9ClN2O2. The van der Waals surface area contributed by atoms with Crippen molar-refractivity contribution in [1.29, 1.82) is 0 Å². The highest BCUT2D eigenvalue weighted by Crippen LogP contribution is 1.95. The van der Waals surface area contributed by atoms with Gasteiger partial charge in [-0.15, -0.1) is 12.4 Å². The summed E-state index contributed by atoms with van der Waals surface area (Å²) in [4.78, 5) is 3.72. The zero-order valence-corrected chi connectivity index (χ0v) is 6.34. The molecule has 1 aromatic rings. The molecule has 0 aliphatic carbocycles. The number of rotatable bonds is 2. The zero-order chi connectivity index (χ0) is 6.69. The topological polar surface area (TPSA) is 59.2 Å². The van der Waals surface area contributed by atoms with E-state index in [1.165, 1.54) is 6.33 Å². The molecule has 1 atom stereocenters. The molecule has 1 rings (SSSR count). The molecule has 0 spiro atoms. The van der Waals surface area contributed by atoms with Crippen molar-refractivity contribution in [2.24, 2.45) is 0 Å². The van der Waals surface area contributed by atoms with E-state index in [0.29, 0.717) is 12.3 Å². The number of nitrogens with zero attached hydrogens (tertiary/aromatic N) is 2. The van der Waals surface area contributed by atoms with Gasteiger partial charge in [0.2, 0.25) is 5.89 Å². The largest absolute Gasteiger partial charge is 0.393 e. The van der Waals surface area contributed by atoms with Crippen LogP contribution in [0.15, 0.2) is 10.9 Å². The Morgan fingerprint density at radius 1 is 1.80 bits per heavy atom. The number of halogens is 1. The van der Waals surface area contributed by atoms with Gasteiger partial charge in [0.1, 0.15) is 0 Å². The van der Waals surface area contributed by atoms with Gasteiger partial charge in [-0.05, 0) is 6.92 Å². The van der Waals surface area contributed by atoms with E-state index < -0.39 is 6.10 Å². The summed E-state index contributed by atoms with van der Waals surface area (Å²) in [5, 5.41) is 12.2. The van der Waals surface area contributed by atoms with E-state index in [9.17, 15) is 0 Å². The van der Waals surface area contributed by atoms with Crippen LogP contribution in [0.25, 0.3) is 0 Å². The maximum Gasteiger partial charge on any atom is 0.228 e.